The summed E-state index contributed by atoms with van der Waals surface area (Å²) >= 11 is 0. The summed E-state index contributed by atoms with van der Waals surface area (Å²) in [6.07, 6.45) is 28.0. The third-order valence-electron chi connectivity index (χ3n) is 5.38. The van der Waals surface area contributed by atoms with Gasteiger partial charge in [-0.3, -0.25) is 0 Å². The molecular weight excluding hydrogens is 302 g/mol. The predicted octanol–water partition coefficient (Wildman–Crippen LogP) is 8.10. The first-order valence-electron chi connectivity index (χ1n) is 11.2. The average molecular weight is 350 g/mol. The number of nitrogens with two attached hydrogens (primary N) is 1. The van der Waals surface area contributed by atoms with Gasteiger partial charge in [0.15, 0.2) is 0 Å². The Morgan fingerprint density at radius 2 is 0.920 bits per heavy atom. The monoisotopic (exact) mass is 349 g/mol. The van der Waals surface area contributed by atoms with E-state index in [9.17, 15) is 0 Å². The van der Waals surface area contributed by atoms with Gasteiger partial charge in [-0.25, -0.2) is 0 Å². The van der Waals surface area contributed by atoms with Crippen molar-refractivity contribution < 1.29 is 0 Å². The van der Waals surface area contributed by atoms with Gasteiger partial charge in [-0.2, -0.15) is 0 Å². The molecule has 0 aromatic carbocycles. The van der Waals surface area contributed by atoms with Crippen molar-refractivity contribution in [1.82, 2.24) is 0 Å². The molecule has 0 aromatic heterocycles. The van der Waals surface area contributed by atoms with Gasteiger partial charge in [0, 0.05) is 5.54 Å². The molecule has 0 bridgehead atoms. The van der Waals surface area contributed by atoms with E-state index in [2.05, 4.69) is 20.1 Å². The molecule has 148 valence electrons. The van der Waals surface area contributed by atoms with Crippen LogP contribution >= 0.6 is 0 Å². The highest BCUT2D eigenvalue weighted by Crippen LogP contribution is 2.22. The van der Waals surface area contributed by atoms with Crippen LogP contribution in [0.4, 0.5) is 0 Å². The zero-order chi connectivity index (χ0) is 18.6. The smallest absolute Gasteiger partial charge is 0.0223 e. The molecule has 0 saturated heterocycles. The molecule has 0 aliphatic carbocycles. The number of hydrogen-bond donors (Lipinski definition) is 1. The third-order valence-corrected chi connectivity index (χ3v) is 5.38. The van der Waals surface area contributed by atoms with Gasteiger partial charge in [0.05, 0.1) is 0 Å². The van der Waals surface area contributed by atoms with Crippen LogP contribution in [0.2, 0.25) is 0 Å². The molecule has 2 N–H and O–H groups in total. The first-order valence-corrected chi connectivity index (χ1v) is 11.2. The fourth-order valence-electron chi connectivity index (χ4n) is 3.71. The van der Waals surface area contributed by atoms with Crippen molar-refractivity contribution in [2.45, 2.75) is 128 Å². The average Bonchev–Trinajstić information content (AvgIpc) is 2.59. The maximum Gasteiger partial charge on any atom is 0.0223 e. The van der Waals surface area contributed by atoms with Crippen LogP contribution in [0.3, 0.4) is 0 Å². The van der Waals surface area contributed by atoms with Crippen LogP contribution in [0.1, 0.15) is 122 Å². The largest absolute Gasteiger partial charge is 0.325 e. The lowest BCUT2D eigenvalue weighted by atomic mass is 9.86. The topological polar surface area (TPSA) is 26.0 Å². The quantitative estimate of drug-likeness (QED) is 0.174. The zero-order valence-corrected chi connectivity index (χ0v) is 17.4. The first kappa shape index (κ1) is 24.4. The van der Waals surface area contributed by atoms with Crippen LogP contribution in [0.25, 0.3) is 0 Å². The van der Waals surface area contributed by atoms with E-state index in [1.807, 2.05) is 12.2 Å². The van der Waals surface area contributed by atoms with E-state index in [4.69, 9.17) is 5.73 Å². The third kappa shape index (κ3) is 16.6. The van der Waals surface area contributed by atoms with Gasteiger partial charge < -0.3 is 5.73 Å². The van der Waals surface area contributed by atoms with E-state index in [1.165, 1.54) is 96.3 Å². The molecule has 25 heavy (non-hydrogen) atoms. The second-order valence-corrected chi connectivity index (χ2v) is 8.05. The molecule has 0 fully saturated rings. The minimum absolute atomic E-state index is 0.0972. The van der Waals surface area contributed by atoms with Crippen LogP contribution in [-0.2, 0) is 0 Å². The van der Waals surface area contributed by atoms with Crippen molar-refractivity contribution in [1.29, 1.82) is 0 Å². The SMILES string of the molecule is C=CCC(N)(CC=C)CCCCCCCCCCCCCCCCC. The summed E-state index contributed by atoms with van der Waals surface area (Å²) in [5, 5.41) is 0. The lowest BCUT2D eigenvalue weighted by molar-refractivity contribution is 0.380. The summed E-state index contributed by atoms with van der Waals surface area (Å²) in [4.78, 5) is 0. The van der Waals surface area contributed by atoms with Gasteiger partial charge in [0.25, 0.3) is 0 Å². The molecule has 0 atom stereocenters. The normalized spacial score (nSPS) is 11.6. The Labute approximate surface area is 159 Å². The second-order valence-electron chi connectivity index (χ2n) is 8.05. The Morgan fingerprint density at radius 1 is 0.600 bits per heavy atom. The molecular formula is C24H47N. The molecule has 1 nitrogen and oxygen atoms in total. The Bertz CT molecular complexity index is 284. The van der Waals surface area contributed by atoms with E-state index in [1.54, 1.807) is 0 Å². The molecule has 0 aromatic rings. The van der Waals surface area contributed by atoms with Crippen LogP contribution < -0.4 is 5.73 Å². The molecule has 0 aliphatic heterocycles. The number of unbranched alkanes of at least 4 members (excludes halogenated alkanes) is 14. The fourth-order valence-corrected chi connectivity index (χ4v) is 3.71. The number of rotatable bonds is 20. The van der Waals surface area contributed by atoms with E-state index in [0.29, 0.717) is 0 Å². The molecule has 0 heterocycles. The van der Waals surface area contributed by atoms with Crippen LogP contribution in [-0.4, -0.2) is 5.54 Å². The molecule has 0 rings (SSSR count). The molecule has 0 saturated carbocycles. The Morgan fingerprint density at radius 3 is 1.24 bits per heavy atom. The highest BCUT2D eigenvalue weighted by Gasteiger charge is 2.20. The molecule has 0 radical (unpaired) electrons. The summed E-state index contributed by atoms with van der Waals surface area (Å²) in [5.74, 6) is 0. The minimum Gasteiger partial charge on any atom is -0.325 e. The van der Waals surface area contributed by atoms with E-state index in [0.717, 1.165) is 19.3 Å². The van der Waals surface area contributed by atoms with Gasteiger partial charge >= 0.3 is 0 Å². The summed E-state index contributed by atoms with van der Waals surface area (Å²) < 4.78 is 0. The van der Waals surface area contributed by atoms with Crippen molar-refractivity contribution >= 4 is 0 Å². The fraction of sp³-hybridized carbons (Fsp3) is 0.833. The lowest BCUT2D eigenvalue weighted by Crippen LogP contribution is -2.38. The zero-order valence-electron chi connectivity index (χ0n) is 17.4. The van der Waals surface area contributed by atoms with Gasteiger partial charge in [-0.05, 0) is 19.3 Å². The highest BCUT2D eigenvalue weighted by molar-refractivity contribution is 4.95. The summed E-state index contributed by atoms with van der Waals surface area (Å²) in [7, 11) is 0. The molecule has 0 unspecified atom stereocenters. The van der Waals surface area contributed by atoms with E-state index >= 15 is 0 Å². The summed E-state index contributed by atoms with van der Waals surface area (Å²) in [6, 6.07) is 0. The van der Waals surface area contributed by atoms with Crippen molar-refractivity contribution in [2.75, 3.05) is 0 Å². The Kier molecular flexibility index (Phi) is 17.8. The molecule has 0 amide bonds. The summed E-state index contributed by atoms with van der Waals surface area (Å²) in [6.45, 7) is 9.96. The standard InChI is InChI=1S/C24H47N/c1-4-7-8-9-10-11-12-13-14-15-16-17-18-19-20-23-24(25,21-5-2)22-6-3/h5-6H,2-4,7-23,25H2,1H3. The van der Waals surface area contributed by atoms with Gasteiger partial charge in [0.2, 0.25) is 0 Å². The maximum atomic E-state index is 6.43. The maximum absolute atomic E-state index is 6.43. The van der Waals surface area contributed by atoms with Crippen LogP contribution in [0.15, 0.2) is 25.3 Å². The van der Waals surface area contributed by atoms with Gasteiger partial charge in [-0.1, -0.05) is 115 Å². The molecule has 0 aliphatic rings. The van der Waals surface area contributed by atoms with Crippen molar-refractivity contribution in [3.63, 3.8) is 0 Å². The van der Waals surface area contributed by atoms with E-state index < -0.39 is 0 Å². The van der Waals surface area contributed by atoms with Crippen LogP contribution in [0, 0.1) is 0 Å². The van der Waals surface area contributed by atoms with Crippen molar-refractivity contribution in [2.24, 2.45) is 5.73 Å². The van der Waals surface area contributed by atoms with E-state index in [-0.39, 0.29) is 5.54 Å². The van der Waals surface area contributed by atoms with Crippen molar-refractivity contribution in [3.8, 4) is 0 Å². The molecule has 0 spiro atoms. The van der Waals surface area contributed by atoms with Crippen molar-refractivity contribution in [3.05, 3.63) is 25.3 Å². The second kappa shape index (κ2) is 18.2. The number of hydrogen-bond acceptors (Lipinski definition) is 1. The van der Waals surface area contributed by atoms with Gasteiger partial charge in [0.1, 0.15) is 0 Å². The Hall–Kier alpha value is -0.560. The van der Waals surface area contributed by atoms with Crippen LogP contribution in [0.5, 0.6) is 0 Å². The van der Waals surface area contributed by atoms with Gasteiger partial charge in [-0.15, -0.1) is 13.2 Å². The highest BCUT2D eigenvalue weighted by atomic mass is 14.7. The summed E-state index contributed by atoms with van der Waals surface area (Å²) in [5.41, 5.74) is 6.33. The Balaban J connectivity index is 3.30. The first-order chi connectivity index (χ1) is 12.2. The predicted molar refractivity (Wildman–Crippen MR) is 116 cm³/mol. The molecule has 1 heteroatoms. The minimum atomic E-state index is -0.0972. The lowest BCUT2D eigenvalue weighted by Gasteiger charge is -2.27.